The monoisotopic (exact) mass is 289 g/mol. The third kappa shape index (κ3) is 3.68. The van der Waals surface area contributed by atoms with E-state index in [0.717, 1.165) is 16.9 Å². The first-order chi connectivity index (χ1) is 9.74. The topological polar surface area (TPSA) is 38.3 Å². The Labute approximate surface area is 123 Å². The van der Waals surface area contributed by atoms with Gasteiger partial charge in [-0.1, -0.05) is 37.3 Å². The summed E-state index contributed by atoms with van der Waals surface area (Å²) in [6, 6.07) is 13.7. The molecule has 2 aromatic rings. The van der Waals surface area contributed by atoms with Crippen LogP contribution < -0.4 is 5.32 Å². The van der Waals surface area contributed by atoms with Gasteiger partial charge in [0.25, 0.3) is 0 Å². The summed E-state index contributed by atoms with van der Waals surface area (Å²) in [5, 5.41) is 3.28. The van der Waals surface area contributed by atoms with Crippen molar-refractivity contribution in [3.8, 4) is 0 Å². The zero-order chi connectivity index (χ0) is 14.4. The van der Waals surface area contributed by atoms with Gasteiger partial charge in [0.15, 0.2) is 0 Å². The standard InChI is InChI=1S/C16H19NO2S/c1-3-13-9-10-14(20-13)15(16(18)19-2)17-11-12-7-5-4-6-8-12/h4-10,15,17H,3,11H2,1-2H3. The van der Waals surface area contributed by atoms with Crippen molar-refractivity contribution in [2.45, 2.75) is 25.9 Å². The van der Waals surface area contributed by atoms with Gasteiger partial charge in [-0.05, 0) is 24.1 Å². The molecule has 0 saturated heterocycles. The van der Waals surface area contributed by atoms with Crippen LogP contribution in [0.2, 0.25) is 0 Å². The average molecular weight is 289 g/mol. The lowest BCUT2D eigenvalue weighted by Crippen LogP contribution is -2.28. The zero-order valence-corrected chi connectivity index (χ0v) is 12.6. The second-order valence-electron chi connectivity index (χ2n) is 4.48. The van der Waals surface area contributed by atoms with Crippen molar-refractivity contribution in [1.29, 1.82) is 0 Å². The van der Waals surface area contributed by atoms with Crippen LogP contribution in [0.1, 0.15) is 28.3 Å². The number of aryl methyl sites for hydroxylation is 1. The zero-order valence-electron chi connectivity index (χ0n) is 11.8. The molecule has 0 radical (unpaired) electrons. The highest BCUT2D eigenvalue weighted by molar-refractivity contribution is 7.12. The first-order valence-electron chi connectivity index (χ1n) is 6.68. The van der Waals surface area contributed by atoms with E-state index in [1.54, 1.807) is 11.3 Å². The molecule has 0 saturated carbocycles. The molecule has 3 nitrogen and oxygen atoms in total. The summed E-state index contributed by atoms with van der Waals surface area (Å²) in [7, 11) is 1.42. The molecule has 1 heterocycles. The Morgan fingerprint density at radius 2 is 2.00 bits per heavy atom. The van der Waals surface area contributed by atoms with Crippen molar-refractivity contribution in [3.63, 3.8) is 0 Å². The highest BCUT2D eigenvalue weighted by Gasteiger charge is 2.22. The maximum absolute atomic E-state index is 12.0. The summed E-state index contributed by atoms with van der Waals surface area (Å²) in [5.74, 6) is -0.245. The molecular weight excluding hydrogens is 270 g/mol. The summed E-state index contributed by atoms with van der Waals surface area (Å²) >= 11 is 1.66. The maximum atomic E-state index is 12.0. The van der Waals surface area contributed by atoms with Crippen LogP contribution in [-0.2, 0) is 22.5 Å². The van der Waals surface area contributed by atoms with Crippen LogP contribution in [0.4, 0.5) is 0 Å². The number of esters is 1. The lowest BCUT2D eigenvalue weighted by atomic mass is 10.2. The van der Waals surface area contributed by atoms with Gasteiger partial charge in [0, 0.05) is 16.3 Å². The molecule has 0 fully saturated rings. The van der Waals surface area contributed by atoms with Crippen LogP contribution in [0.25, 0.3) is 0 Å². The van der Waals surface area contributed by atoms with Crippen LogP contribution >= 0.6 is 11.3 Å². The van der Waals surface area contributed by atoms with E-state index in [0.29, 0.717) is 6.54 Å². The predicted molar refractivity (Wildman–Crippen MR) is 81.7 cm³/mol. The second kappa shape index (κ2) is 7.22. The molecule has 20 heavy (non-hydrogen) atoms. The fourth-order valence-electron chi connectivity index (χ4n) is 1.97. The molecule has 0 aliphatic rings. The van der Waals surface area contributed by atoms with Crippen molar-refractivity contribution < 1.29 is 9.53 Å². The van der Waals surface area contributed by atoms with E-state index in [1.165, 1.54) is 12.0 Å². The second-order valence-corrected chi connectivity index (χ2v) is 5.68. The van der Waals surface area contributed by atoms with Gasteiger partial charge in [-0.25, -0.2) is 4.79 Å². The summed E-state index contributed by atoms with van der Waals surface area (Å²) in [6.45, 7) is 2.75. The molecule has 0 aliphatic carbocycles. The lowest BCUT2D eigenvalue weighted by molar-refractivity contribution is -0.143. The minimum absolute atomic E-state index is 0.245. The average Bonchev–Trinajstić information content (AvgIpc) is 2.97. The van der Waals surface area contributed by atoms with E-state index in [2.05, 4.69) is 18.3 Å². The smallest absolute Gasteiger partial charge is 0.328 e. The van der Waals surface area contributed by atoms with Gasteiger partial charge >= 0.3 is 5.97 Å². The van der Waals surface area contributed by atoms with Gasteiger partial charge in [-0.15, -0.1) is 11.3 Å². The molecule has 1 aromatic carbocycles. The van der Waals surface area contributed by atoms with Crippen LogP contribution in [0, 0.1) is 0 Å². The van der Waals surface area contributed by atoms with Gasteiger partial charge in [0.2, 0.25) is 0 Å². The van der Waals surface area contributed by atoms with Crippen molar-refractivity contribution in [2.75, 3.05) is 7.11 Å². The summed E-state index contributed by atoms with van der Waals surface area (Å²) < 4.78 is 4.90. The molecule has 0 amide bonds. The Morgan fingerprint density at radius 1 is 1.25 bits per heavy atom. The SMILES string of the molecule is CCc1ccc(C(NCc2ccccc2)C(=O)OC)s1. The number of benzene rings is 1. The predicted octanol–water partition coefficient (Wildman–Crippen LogP) is 3.31. The maximum Gasteiger partial charge on any atom is 0.328 e. The van der Waals surface area contributed by atoms with Crippen molar-refractivity contribution in [3.05, 3.63) is 57.8 Å². The number of methoxy groups -OCH3 is 1. The van der Waals surface area contributed by atoms with Crippen LogP contribution in [0.5, 0.6) is 0 Å². The van der Waals surface area contributed by atoms with Gasteiger partial charge in [0.1, 0.15) is 6.04 Å². The minimum atomic E-state index is -0.398. The van der Waals surface area contributed by atoms with Crippen molar-refractivity contribution in [1.82, 2.24) is 5.32 Å². The molecule has 4 heteroatoms. The first-order valence-corrected chi connectivity index (χ1v) is 7.50. The number of thiophene rings is 1. The molecule has 0 aliphatic heterocycles. The fraction of sp³-hybridized carbons (Fsp3) is 0.312. The molecular formula is C16H19NO2S. The number of hydrogen-bond acceptors (Lipinski definition) is 4. The van der Waals surface area contributed by atoms with Crippen LogP contribution in [-0.4, -0.2) is 13.1 Å². The molecule has 1 aromatic heterocycles. The Kier molecular flexibility index (Phi) is 5.32. The van der Waals surface area contributed by atoms with Crippen molar-refractivity contribution in [2.24, 2.45) is 0 Å². The summed E-state index contributed by atoms with van der Waals surface area (Å²) in [5.41, 5.74) is 1.15. The largest absolute Gasteiger partial charge is 0.468 e. The molecule has 0 bridgehead atoms. The van der Waals surface area contributed by atoms with Crippen molar-refractivity contribution >= 4 is 17.3 Å². The Bertz CT molecular complexity index is 551. The highest BCUT2D eigenvalue weighted by Crippen LogP contribution is 2.25. The van der Waals surface area contributed by atoms with Gasteiger partial charge in [-0.2, -0.15) is 0 Å². The van der Waals surface area contributed by atoms with Crippen LogP contribution in [0.15, 0.2) is 42.5 Å². The molecule has 1 N–H and O–H groups in total. The molecule has 2 rings (SSSR count). The quantitative estimate of drug-likeness (QED) is 0.829. The van der Waals surface area contributed by atoms with Gasteiger partial charge in [-0.3, -0.25) is 5.32 Å². The summed E-state index contributed by atoms with van der Waals surface area (Å²) in [4.78, 5) is 14.2. The fourth-order valence-corrected chi connectivity index (χ4v) is 2.99. The first kappa shape index (κ1) is 14.8. The van der Waals surface area contributed by atoms with Gasteiger partial charge in [0.05, 0.1) is 7.11 Å². The van der Waals surface area contributed by atoms with E-state index in [9.17, 15) is 4.79 Å². The van der Waals surface area contributed by atoms with E-state index >= 15 is 0 Å². The molecule has 1 atom stereocenters. The normalized spacial score (nSPS) is 12.1. The van der Waals surface area contributed by atoms with Crippen LogP contribution in [0.3, 0.4) is 0 Å². The summed E-state index contributed by atoms with van der Waals surface area (Å²) in [6.07, 6.45) is 0.983. The van der Waals surface area contributed by atoms with E-state index in [-0.39, 0.29) is 5.97 Å². The van der Waals surface area contributed by atoms with E-state index in [4.69, 9.17) is 4.74 Å². The van der Waals surface area contributed by atoms with E-state index < -0.39 is 6.04 Å². The number of rotatable bonds is 6. The Balaban J connectivity index is 2.10. The molecule has 106 valence electrons. The number of ether oxygens (including phenoxy) is 1. The Morgan fingerprint density at radius 3 is 2.60 bits per heavy atom. The van der Waals surface area contributed by atoms with E-state index in [1.807, 2.05) is 36.4 Å². The van der Waals surface area contributed by atoms with Gasteiger partial charge < -0.3 is 4.74 Å². The lowest BCUT2D eigenvalue weighted by Gasteiger charge is -2.15. The number of carbonyl (C=O) groups excluding carboxylic acids is 1. The number of nitrogens with one attached hydrogen (secondary N) is 1. The number of hydrogen-bond donors (Lipinski definition) is 1. The Hall–Kier alpha value is -1.65. The minimum Gasteiger partial charge on any atom is -0.468 e. The highest BCUT2D eigenvalue weighted by atomic mass is 32.1. The third-order valence-corrected chi connectivity index (χ3v) is 4.40. The number of carbonyl (C=O) groups is 1. The third-order valence-electron chi connectivity index (χ3n) is 3.11. The molecule has 0 spiro atoms. The molecule has 1 unspecified atom stereocenters.